The predicted molar refractivity (Wildman–Crippen MR) is 102 cm³/mol. The Morgan fingerprint density at radius 2 is 2.12 bits per heavy atom. The highest BCUT2D eigenvalue weighted by molar-refractivity contribution is 7.18. The molecule has 25 heavy (non-hydrogen) atoms. The van der Waals surface area contributed by atoms with Crippen LogP contribution in [0.15, 0.2) is 23.0 Å². The molecule has 128 valence electrons. The summed E-state index contributed by atoms with van der Waals surface area (Å²) in [5.74, 6) is 0.183. The van der Waals surface area contributed by atoms with Crippen molar-refractivity contribution in [1.82, 2.24) is 9.97 Å². The number of halogens is 2. The van der Waals surface area contributed by atoms with Gasteiger partial charge in [0.15, 0.2) is 5.82 Å². The molecule has 0 fully saturated rings. The van der Waals surface area contributed by atoms with Gasteiger partial charge in [-0.15, -0.1) is 11.3 Å². The van der Waals surface area contributed by atoms with Gasteiger partial charge in [-0.2, -0.15) is 0 Å². The maximum atomic E-state index is 12.3. The lowest BCUT2D eigenvalue weighted by atomic mass is 10.2. The van der Waals surface area contributed by atoms with Crippen LogP contribution in [0.25, 0.3) is 21.3 Å². The first kappa shape index (κ1) is 17.6. The normalized spacial score (nSPS) is 11.9. The first-order valence-electron chi connectivity index (χ1n) is 7.09. The zero-order chi connectivity index (χ0) is 18.3. The van der Waals surface area contributed by atoms with Gasteiger partial charge in [0.2, 0.25) is 0 Å². The summed E-state index contributed by atoms with van der Waals surface area (Å²) in [5.41, 5.74) is 0.865. The van der Waals surface area contributed by atoms with E-state index in [0.29, 0.717) is 20.8 Å². The zero-order valence-electron chi connectivity index (χ0n) is 13.1. The highest BCUT2D eigenvalue weighted by atomic mass is 35.5. The Kier molecular flexibility index (Phi) is 4.64. The second-order valence-corrected chi connectivity index (χ2v) is 7.35. The number of fused-ring (bicyclic) bond motifs is 1. The Hall–Kier alpha value is -2.22. The fourth-order valence-corrected chi connectivity index (χ4v) is 3.74. The molecule has 0 bridgehead atoms. The van der Waals surface area contributed by atoms with Crippen LogP contribution in [0.1, 0.15) is 21.8 Å². The minimum absolute atomic E-state index is 0.110. The van der Waals surface area contributed by atoms with Gasteiger partial charge in [-0.3, -0.25) is 14.9 Å². The lowest BCUT2D eigenvalue weighted by Gasteiger charge is -2.02. The maximum Gasteiger partial charge on any atom is 0.270 e. The number of aryl methyl sites for hydroxylation is 2. The van der Waals surface area contributed by atoms with Gasteiger partial charge < -0.3 is 4.98 Å². The average Bonchev–Trinajstić information content (AvgIpc) is 2.84. The third-order valence-corrected chi connectivity index (χ3v) is 5.47. The molecule has 1 N–H and O–H groups in total. The maximum absolute atomic E-state index is 12.3. The first-order chi connectivity index (χ1) is 11.8. The number of nitro groups is 1. The molecule has 0 amide bonds. The minimum Gasteiger partial charge on any atom is -0.305 e. The largest absolute Gasteiger partial charge is 0.305 e. The van der Waals surface area contributed by atoms with Crippen LogP contribution in [0, 0.1) is 24.0 Å². The Balaban J connectivity index is 2.12. The molecule has 0 aliphatic carbocycles. The molecule has 2 aromatic heterocycles. The standard InChI is InChI=1S/C16H11Cl2N3O3S/c1-7-8(2)25-16-13(7)15(22)19-14(20-16)12(18)6-9-5-10(21(23)24)3-4-11(9)17/h3-6H,1-2H3,(H,19,20,22). The lowest BCUT2D eigenvalue weighted by molar-refractivity contribution is -0.384. The van der Waals surface area contributed by atoms with Gasteiger partial charge in [-0.25, -0.2) is 4.98 Å². The van der Waals surface area contributed by atoms with Gasteiger partial charge in [0, 0.05) is 27.6 Å². The summed E-state index contributed by atoms with van der Waals surface area (Å²) in [7, 11) is 0. The smallest absolute Gasteiger partial charge is 0.270 e. The Labute approximate surface area is 155 Å². The molecule has 0 saturated carbocycles. The molecule has 0 spiro atoms. The van der Waals surface area contributed by atoms with E-state index in [1.807, 2.05) is 13.8 Å². The average molecular weight is 396 g/mol. The first-order valence-corrected chi connectivity index (χ1v) is 8.66. The summed E-state index contributed by atoms with van der Waals surface area (Å²) in [5, 5.41) is 11.9. The van der Waals surface area contributed by atoms with E-state index in [9.17, 15) is 14.9 Å². The third kappa shape index (κ3) is 3.30. The molecule has 3 rings (SSSR count). The van der Waals surface area contributed by atoms with Crippen molar-refractivity contribution < 1.29 is 4.92 Å². The number of aromatic nitrogens is 2. The number of non-ortho nitro benzene ring substituents is 1. The van der Waals surface area contributed by atoms with E-state index in [2.05, 4.69) is 9.97 Å². The summed E-state index contributed by atoms with van der Waals surface area (Å²) in [6.45, 7) is 3.78. The quantitative estimate of drug-likeness (QED) is 0.504. The molecule has 1 aromatic carbocycles. The predicted octanol–water partition coefficient (Wildman–Crippen LogP) is 4.90. The summed E-state index contributed by atoms with van der Waals surface area (Å²) in [6, 6.07) is 4.03. The molecule has 3 aromatic rings. The fourth-order valence-electron chi connectivity index (χ4n) is 2.33. The highest BCUT2D eigenvalue weighted by Crippen LogP contribution is 2.30. The Bertz CT molecular complexity index is 1100. The van der Waals surface area contributed by atoms with Crippen molar-refractivity contribution in [3.63, 3.8) is 0 Å². The second-order valence-electron chi connectivity index (χ2n) is 5.33. The Morgan fingerprint density at radius 1 is 1.40 bits per heavy atom. The number of rotatable bonds is 3. The molecule has 6 nitrogen and oxygen atoms in total. The van der Waals surface area contributed by atoms with Crippen LogP contribution in [0.5, 0.6) is 0 Å². The Morgan fingerprint density at radius 3 is 2.80 bits per heavy atom. The molecule has 0 atom stereocenters. The number of thiophene rings is 1. The molecule has 0 aliphatic heterocycles. The fraction of sp³-hybridized carbons (Fsp3) is 0.125. The van der Waals surface area contributed by atoms with E-state index < -0.39 is 4.92 Å². The van der Waals surface area contributed by atoms with Gasteiger partial charge in [0.05, 0.1) is 15.3 Å². The molecular weight excluding hydrogens is 385 g/mol. The van der Waals surface area contributed by atoms with Crippen molar-refractivity contribution in [3.05, 3.63) is 65.5 Å². The van der Waals surface area contributed by atoms with Crippen LogP contribution in [-0.4, -0.2) is 14.9 Å². The second kappa shape index (κ2) is 6.59. The van der Waals surface area contributed by atoms with E-state index in [1.54, 1.807) is 0 Å². The summed E-state index contributed by atoms with van der Waals surface area (Å²) < 4.78 is 0. The van der Waals surface area contributed by atoms with Crippen molar-refractivity contribution in [3.8, 4) is 0 Å². The van der Waals surface area contributed by atoms with Crippen molar-refractivity contribution in [2.45, 2.75) is 13.8 Å². The van der Waals surface area contributed by atoms with Crippen LogP contribution in [0.3, 0.4) is 0 Å². The van der Waals surface area contributed by atoms with E-state index in [4.69, 9.17) is 23.2 Å². The molecule has 9 heteroatoms. The number of H-pyrrole nitrogens is 1. The lowest BCUT2D eigenvalue weighted by Crippen LogP contribution is -2.10. The molecule has 2 heterocycles. The number of aromatic amines is 1. The van der Waals surface area contributed by atoms with E-state index in [-0.39, 0.29) is 22.1 Å². The van der Waals surface area contributed by atoms with Crippen LogP contribution in [-0.2, 0) is 0 Å². The van der Waals surface area contributed by atoms with Crippen molar-refractivity contribution in [2.75, 3.05) is 0 Å². The van der Waals surface area contributed by atoms with Gasteiger partial charge >= 0.3 is 0 Å². The number of benzene rings is 1. The summed E-state index contributed by atoms with van der Waals surface area (Å²) in [6.07, 6.45) is 1.44. The zero-order valence-corrected chi connectivity index (χ0v) is 15.4. The molecule has 0 radical (unpaired) electrons. The van der Waals surface area contributed by atoms with E-state index >= 15 is 0 Å². The molecular formula is C16H11Cl2N3O3S. The van der Waals surface area contributed by atoms with Gasteiger partial charge in [0.25, 0.3) is 11.2 Å². The molecule has 0 saturated heterocycles. The molecule has 0 unspecified atom stereocenters. The van der Waals surface area contributed by atoms with Crippen molar-refractivity contribution >= 4 is 61.6 Å². The van der Waals surface area contributed by atoms with Gasteiger partial charge in [-0.1, -0.05) is 23.2 Å². The number of nitro benzene ring substituents is 1. The SMILES string of the molecule is Cc1sc2nc(C(Cl)=Cc3cc([N+](=O)[O-])ccc3Cl)[nH]c(=O)c2c1C. The topological polar surface area (TPSA) is 88.9 Å². The third-order valence-electron chi connectivity index (χ3n) is 3.74. The summed E-state index contributed by atoms with van der Waals surface area (Å²) >= 11 is 13.7. The summed E-state index contributed by atoms with van der Waals surface area (Å²) in [4.78, 5) is 31.3. The highest BCUT2D eigenvalue weighted by Gasteiger charge is 2.14. The van der Waals surface area contributed by atoms with Gasteiger partial charge in [-0.05, 0) is 31.6 Å². The van der Waals surface area contributed by atoms with Crippen LogP contribution < -0.4 is 5.56 Å². The molecule has 0 aliphatic rings. The van der Waals surface area contributed by atoms with Crippen molar-refractivity contribution in [2.24, 2.45) is 0 Å². The monoisotopic (exact) mass is 395 g/mol. The number of nitrogens with zero attached hydrogens (tertiary/aromatic N) is 2. The van der Waals surface area contributed by atoms with E-state index in [1.165, 1.54) is 35.6 Å². The minimum atomic E-state index is -0.523. The van der Waals surface area contributed by atoms with Crippen LogP contribution >= 0.6 is 34.5 Å². The van der Waals surface area contributed by atoms with E-state index in [0.717, 1.165) is 10.4 Å². The number of hydrogen-bond donors (Lipinski definition) is 1. The van der Waals surface area contributed by atoms with Crippen molar-refractivity contribution in [1.29, 1.82) is 0 Å². The number of nitrogens with one attached hydrogen (secondary N) is 1. The van der Waals surface area contributed by atoms with Gasteiger partial charge in [0.1, 0.15) is 4.83 Å². The van der Waals surface area contributed by atoms with Crippen LogP contribution in [0.2, 0.25) is 5.02 Å². The number of hydrogen-bond acceptors (Lipinski definition) is 5. The van der Waals surface area contributed by atoms with Crippen LogP contribution in [0.4, 0.5) is 5.69 Å².